The number of carbonyl (C=O) groups excluding carboxylic acids is 1. The van der Waals surface area contributed by atoms with E-state index in [0.717, 1.165) is 27.8 Å². The molecule has 33 heavy (non-hydrogen) atoms. The van der Waals surface area contributed by atoms with E-state index in [2.05, 4.69) is 27.2 Å². The zero-order chi connectivity index (χ0) is 23.2. The largest absolute Gasteiger partial charge is 0.383 e. The number of nitrogens with one attached hydrogen (secondary N) is 1. The van der Waals surface area contributed by atoms with Gasteiger partial charge in [0.1, 0.15) is 12.5 Å². The zero-order valence-electron chi connectivity index (χ0n) is 18.0. The monoisotopic (exact) mass is 459 g/mol. The van der Waals surface area contributed by atoms with Crippen molar-refractivity contribution in [3.63, 3.8) is 0 Å². The topological polar surface area (TPSA) is 85.8 Å². The third-order valence-electron chi connectivity index (χ3n) is 5.06. The highest BCUT2D eigenvalue weighted by molar-refractivity contribution is 7.07. The number of aryl methyl sites for hydroxylation is 2. The molecule has 0 aliphatic rings. The van der Waals surface area contributed by atoms with Crippen LogP contribution >= 0.6 is 11.3 Å². The second-order valence-corrected chi connectivity index (χ2v) is 8.21. The Bertz CT molecular complexity index is 1330. The Hall–Kier alpha value is -3.96. The second-order valence-electron chi connectivity index (χ2n) is 7.43. The van der Waals surface area contributed by atoms with Gasteiger partial charge >= 0.3 is 0 Å². The molecule has 0 fully saturated rings. The first-order valence-corrected chi connectivity index (χ1v) is 11.2. The molecule has 8 heteroatoms. The molecule has 3 aromatic heterocycles. The zero-order valence-corrected chi connectivity index (χ0v) is 18.8. The Balaban J connectivity index is 1.55. The van der Waals surface area contributed by atoms with Crippen LogP contribution in [0.25, 0.3) is 11.1 Å². The molecule has 0 spiro atoms. The average Bonchev–Trinajstić information content (AvgIpc) is 3.50. The number of amides is 1. The summed E-state index contributed by atoms with van der Waals surface area (Å²) in [5.74, 6) is 6.35. The molecule has 4 rings (SSSR count). The molecule has 0 atom stereocenters. The van der Waals surface area contributed by atoms with Crippen LogP contribution in [-0.2, 0) is 13.1 Å². The Morgan fingerprint density at radius 2 is 2.03 bits per heavy atom. The van der Waals surface area contributed by atoms with Gasteiger partial charge in [0.05, 0.1) is 18.3 Å². The summed E-state index contributed by atoms with van der Waals surface area (Å²) in [6, 6.07) is 9.25. The molecule has 1 amide bonds. The van der Waals surface area contributed by atoms with Gasteiger partial charge in [0, 0.05) is 41.2 Å². The Labute approximate surface area is 195 Å². The maximum Gasteiger partial charge on any atom is 0.251 e. The number of thiophene rings is 1. The van der Waals surface area contributed by atoms with Crippen LogP contribution in [0.1, 0.15) is 32.6 Å². The van der Waals surface area contributed by atoms with Crippen LogP contribution in [0.4, 0.5) is 10.2 Å². The molecule has 0 saturated heterocycles. The van der Waals surface area contributed by atoms with Crippen molar-refractivity contribution in [2.24, 2.45) is 0 Å². The predicted molar refractivity (Wildman–Crippen MR) is 128 cm³/mol. The summed E-state index contributed by atoms with van der Waals surface area (Å²) in [5.41, 5.74) is 11.5. The van der Waals surface area contributed by atoms with Crippen LogP contribution in [0, 0.1) is 18.8 Å². The van der Waals surface area contributed by atoms with Crippen LogP contribution in [0.15, 0.2) is 59.7 Å². The Morgan fingerprint density at radius 3 is 2.82 bits per heavy atom. The molecule has 3 heterocycles. The first-order valence-electron chi connectivity index (χ1n) is 10.3. The van der Waals surface area contributed by atoms with Gasteiger partial charge in [-0.15, -0.1) is 0 Å². The molecule has 166 valence electrons. The summed E-state index contributed by atoms with van der Waals surface area (Å²) >= 11 is 1.60. The van der Waals surface area contributed by atoms with Crippen molar-refractivity contribution in [3.8, 4) is 23.0 Å². The van der Waals surface area contributed by atoms with E-state index in [0.29, 0.717) is 23.5 Å². The van der Waals surface area contributed by atoms with Crippen molar-refractivity contribution in [1.29, 1.82) is 0 Å². The van der Waals surface area contributed by atoms with E-state index < -0.39 is 6.67 Å². The van der Waals surface area contributed by atoms with Crippen molar-refractivity contribution >= 4 is 23.1 Å². The number of benzene rings is 1. The number of halogens is 1. The predicted octanol–water partition coefficient (Wildman–Crippen LogP) is 4.20. The van der Waals surface area contributed by atoms with Crippen LogP contribution in [0.3, 0.4) is 0 Å². The first kappa shape index (κ1) is 22.2. The molecule has 0 bridgehead atoms. The number of rotatable bonds is 6. The number of pyridine rings is 1. The highest BCUT2D eigenvalue weighted by Gasteiger charge is 2.09. The van der Waals surface area contributed by atoms with E-state index in [-0.39, 0.29) is 12.5 Å². The lowest BCUT2D eigenvalue weighted by molar-refractivity contribution is 0.0951. The summed E-state index contributed by atoms with van der Waals surface area (Å²) in [4.78, 5) is 16.8. The van der Waals surface area contributed by atoms with Crippen LogP contribution in [-0.4, -0.2) is 27.3 Å². The minimum atomic E-state index is -0.484. The summed E-state index contributed by atoms with van der Waals surface area (Å²) in [7, 11) is 0. The normalized spacial score (nSPS) is 10.5. The molecule has 6 nitrogen and oxygen atoms in total. The second kappa shape index (κ2) is 10.1. The molecule has 0 unspecified atom stereocenters. The average molecular weight is 460 g/mol. The van der Waals surface area contributed by atoms with E-state index in [1.54, 1.807) is 42.1 Å². The van der Waals surface area contributed by atoms with E-state index in [1.807, 2.05) is 35.9 Å². The molecule has 4 aromatic rings. The standard InChI is InChI=1S/C25H22FN5OS/c1-17-2-3-21(25(32)29-12-18-6-9-33-16-18)10-19(17)4-5-20-11-22(13-28-24(20)27)23-14-30-31(15-23)8-7-26/h2-3,6,9-11,13-16H,7-8,12H2,1H3,(H2,27,28)(H,29,32). The molecule has 0 saturated carbocycles. The quantitative estimate of drug-likeness (QED) is 0.423. The number of hydrogen-bond donors (Lipinski definition) is 2. The Kier molecular flexibility index (Phi) is 6.81. The van der Waals surface area contributed by atoms with Gasteiger partial charge in [-0.2, -0.15) is 16.4 Å². The van der Waals surface area contributed by atoms with Gasteiger partial charge in [0.2, 0.25) is 0 Å². The number of aromatic nitrogens is 3. The van der Waals surface area contributed by atoms with Crippen LogP contribution in [0.5, 0.6) is 0 Å². The highest BCUT2D eigenvalue weighted by Crippen LogP contribution is 2.21. The Morgan fingerprint density at radius 1 is 1.18 bits per heavy atom. The van der Waals surface area contributed by atoms with Gasteiger partial charge in [-0.1, -0.05) is 17.9 Å². The van der Waals surface area contributed by atoms with Crippen molar-refractivity contribution < 1.29 is 9.18 Å². The fourth-order valence-electron chi connectivity index (χ4n) is 3.17. The molecule has 3 N–H and O–H groups in total. The lowest BCUT2D eigenvalue weighted by Gasteiger charge is -2.06. The van der Waals surface area contributed by atoms with Gasteiger partial charge < -0.3 is 11.1 Å². The van der Waals surface area contributed by atoms with Gasteiger partial charge in [-0.05, 0) is 53.1 Å². The molecular weight excluding hydrogens is 437 g/mol. The fourth-order valence-corrected chi connectivity index (χ4v) is 3.83. The van der Waals surface area contributed by atoms with Crippen LogP contribution in [0.2, 0.25) is 0 Å². The third-order valence-corrected chi connectivity index (χ3v) is 5.80. The highest BCUT2D eigenvalue weighted by atomic mass is 32.1. The fraction of sp³-hybridized carbons (Fsp3) is 0.160. The number of alkyl halides is 1. The number of nitrogens with two attached hydrogens (primary N) is 1. The van der Waals surface area contributed by atoms with Gasteiger partial charge in [-0.25, -0.2) is 9.37 Å². The number of hydrogen-bond acceptors (Lipinski definition) is 5. The number of nitrogens with zero attached hydrogens (tertiary/aromatic N) is 3. The summed E-state index contributed by atoms with van der Waals surface area (Å²) in [6.45, 7) is 2.14. The molecule has 0 radical (unpaired) electrons. The van der Waals surface area contributed by atoms with Gasteiger partial charge in [0.25, 0.3) is 5.91 Å². The smallest absolute Gasteiger partial charge is 0.251 e. The number of anilines is 1. The van der Waals surface area contributed by atoms with Gasteiger partial charge in [0.15, 0.2) is 0 Å². The minimum absolute atomic E-state index is 0.155. The van der Waals surface area contributed by atoms with Crippen molar-refractivity contribution in [1.82, 2.24) is 20.1 Å². The maximum absolute atomic E-state index is 12.6. The van der Waals surface area contributed by atoms with E-state index in [4.69, 9.17) is 5.73 Å². The van der Waals surface area contributed by atoms with Crippen molar-refractivity contribution in [3.05, 3.63) is 87.5 Å². The van der Waals surface area contributed by atoms with Crippen molar-refractivity contribution in [2.45, 2.75) is 20.0 Å². The summed E-state index contributed by atoms with van der Waals surface area (Å²) in [5, 5.41) is 11.1. The molecule has 1 aromatic carbocycles. The van der Waals surface area contributed by atoms with Gasteiger partial charge in [-0.3, -0.25) is 9.48 Å². The number of nitrogen functional groups attached to an aromatic ring is 1. The molecular formula is C25H22FN5OS. The number of carbonyl (C=O) groups is 1. The third kappa shape index (κ3) is 5.45. The van der Waals surface area contributed by atoms with Crippen molar-refractivity contribution in [2.75, 3.05) is 12.4 Å². The molecule has 0 aliphatic carbocycles. The first-order chi connectivity index (χ1) is 16.0. The maximum atomic E-state index is 12.6. The van der Waals surface area contributed by atoms with Crippen LogP contribution < -0.4 is 11.1 Å². The lowest BCUT2D eigenvalue weighted by atomic mass is 10.0. The van der Waals surface area contributed by atoms with E-state index >= 15 is 0 Å². The minimum Gasteiger partial charge on any atom is -0.383 e. The van der Waals surface area contributed by atoms with E-state index in [9.17, 15) is 9.18 Å². The SMILES string of the molecule is Cc1ccc(C(=O)NCc2ccsc2)cc1C#Cc1cc(-c2cnn(CCF)c2)cnc1N. The summed E-state index contributed by atoms with van der Waals surface area (Å²) in [6.07, 6.45) is 5.05. The lowest BCUT2D eigenvalue weighted by Crippen LogP contribution is -2.22. The molecule has 0 aliphatic heterocycles. The van der Waals surface area contributed by atoms with E-state index in [1.165, 1.54) is 4.68 Å². The summed E-state index contributed by atoms with van der Waals surface area (Å²) < 4.78 is 14.1.